The van der Waals surface area contributed by atoms with Gasteiger partial charge in [0.2, 0.25) is 0 Å². The molecule has 0 bridgehead atoms. The third kappa shape index (κ3) is 2.42. The van der Waals surface area contributed by atoms with Crippen molar-refractivity contribution in [2.45, 2.75) is 6.42 Å². The van der Waals surface area contributed by atoms with Gasteiger partial charge < -0.3 is 5.11 Å². The Morgan fingerprint density at radius 2 is 1.80 bits per heavy atom. The molecule has 0 aliphatic carbocycles. The number of fused-ring (bicyclic) bond motifs is 1. The molecule has 1 heterocycles. The minimum atomic E-state index is -0.818. The Balaban J connectivity index is 2.22. The quantitative estimate of drug-likeness (QED) is 0.751. The van der Waals surface area contributed by atoms with Gasteiger partial charge >= 0.3 is 5.97 Å². The van der Waals surface area contributed by atoms with Gasteiger partial charge in [-0.25, -0.2) is 0 Å². The van der Waals surface area contributed by atoms with Crippen LogP contribution in [0.4, 0.5) is 0 Å². The average molecular weight is 303 g/mol. The predicted octanol–water partition coefficient (Wildman–Crippen LogP) is 4.85. The minimum absolute atomic E-state index is 0.0337. The highest BCUT2D eigenvalue weighted by molar-refractivity contribution is 7.19. The number of carbonyl (C=O) groups is 1. The Kier molecular flexibility index (Phi) is 3.47. The lowest BCUT2D eigenvalue weighted by molar-refractivity contribution is -0.136. The standard InChI is InChI=1S/C16H11ClO2S/c17-15-8-7-14(20-15)13-6-2-4-11-10(9-16(18)19)3-1-5-12(11)13/h1-8H,9H2,(H,18,19). The van der Waals surface area contributed by atoms with Crippen molar-refractivity contribution in [1.29, 1.82) is 0 Å². The van der Waals surface area contributed by atoms with Gasteiger partial charge in [-0.2, -0.15) is 0 Å². The van der Waals surface area contributed by atoms with E-state index in [1.807, 2.05) is 48.5 Å². The molecule has 2 aromatic carbocycles. The Bertz CT molecular complexity index is 792. The third-order valence-corrected chi connectivity index (χ3v) is 4.46. The summed E-state index contributed by atoms with van der Waals surface area (Å²) in [6.45, 7) is 0. The topological polar surface area (TPSA) is 37.3 Å². The van der Waals surface area contributed by atoms with E-state index in [0.717, 1.165) is 31.1 Å². The number of hydrogen-bond acceptors (Lipinski definition) is 2. The van der Waals surface area contributed by atoms with Crippen molar-refractivity contribution in [2.24, 2.45) is 0 Å². The molecule has 0 saturated heterocycles. The summed E-state index contributed by atoms with van der Waals surface area (Å²) in [6, 6.07) is 15.6. The molecule has 0 aliphatic rings. The zero-order valence-corrected chi connectivity index (χ0v) is 12.0. The number of rotatable bonds is 3. The van der Waals surface area contributed by atoms with Crippen LogP contribution in [0.5, 0.6) is 0 Å². The van der Waals surface area contributed by atoms with Crippen molar-refractivity contribution >= 4 is 39.7 Å². The highest BCUT2D eigenvalue weighted by Crippen LogP contribution is 2.36. The second-order valence-electron chi connectivity index (χ2n) is 4.49. The first-order valence-electron chi connectivity index (χ1n) is 6.13. The van der Waals surface area contributed by atoms with E-state index in [-0.39, 0.29) is 6.42 Å². The molecule has 2 nitrogen and oxygen atoms in total. The summed E-state index contributed by atoms with van der Waals surface area (Å²) in [4.78, 5) is 12.0. The zero-order valence-electron chi connectivity index (χ0n) is 10.5. The second-order valence-corrected chi connectivity index (χ2v) is 6.21. The molecule has 1 N–H and O–H groups in total. The van der Waals surface area contributed by atoms with Gasteiger partial charge in [-0.05, 0) is 34.0 Å². The van der Waals surface area contributed by atoms with Crippen molar-refractivity contribution in [3.05, 3.63) is 58.4 Å². The second kappa shape index (κ2) is 5.27. The van der Waals surface area contributed by atoms with Gasteiger partial charge in [0.05, 0.1) is 10.8 Å². The molecule has 0 fully saturated rings. The van der Waals surface area contributed by atoms with E-state index in [4.69, 9.17) is 16.7 Å². The van der Waals surface area contributed by atoms with Crippen LogP contribution in [0.15, 0.2) is 48.5 Å². The number of halogens is 1. The van der Waals surface area contributed by atoms with Crippen molar-refractivity contribution in [3.63, 3.8) is 0 Å². The fraction of sp³-hybridized carbons (Fsp3) is 0.0625. The molecular formula is C16H11ClO2S. The van der Waals surface area contributed by atoms with Crippen LogP contribution in [0.3, 0.4) is 0 Å². The van der Waals surface area contributed by atoms with E-state index in [0.29, 0.717) is 0 Å². The molecule has 0 radical (unpaired) electrons. The van der Waals surface area contributed by atoms with Crippen molar-refractivity contribution in [1.82, 2.24) is 0 Å². The molecule has 3 aromatic rings. The summed E-state index contributed by atoms with van der Waals surface area (Å²) < 4.78 is 0.749. The predicted molar refractivity (Wildman–Crippen MR) is 83.6 cm³/mol. The SMILES string of the molecule is O=C(O)Cc1cccc2c(-c3ccc(Cl)s3)cccc12. The van der Waals surface area contributed by atoms with Crippen LogP contribution in [-0.2, 0) is 11.2 Å². The van der Waals surface area contributed by atoms with Crippen molar-refractivity contribution in [3.8, 4) is 10.4 Å². The van der Waals surface area contributed by atoms with E-state index in [1.165, 1.54) is 11.3 Å². The summed E-state index contributed by atoms with van der Waals surface area (Å²) in [5.74, 6) is -0.818. The molecule has 4 heteroatoms. The van der Waals surface area contributed by atoms with Crippen molar-refractivity contribution in [2.75, 3.05) is 0 Å². The maximum atomic E-state index is 11.0. The molecule has 0 saturated carbocycles. The smallest absolute Gasteiger partial charge is 0.307 e. The van der Waals surface area contributed by atoms with Crippen molar-refractivity contribution < 1.29 is 9.90 Å². The number of aliphatic carboxylic acids is 1. The van der Waals surface area contributed by atoms with Crippen LogP contribution in [-0.4, -0.2) is 11.1 Å². The number of benzene rings is 2. The third-order valence-electron chi connectivity index (χ3n) is 3.19. The first-order valence-corrected chi connectivity index (χ1v) is 7.33. The first kappa shape index (κ1) is 13.2. The van der Waals surface area contributed by atoms with Crippen LogP contribution in [0.1, 0.15) is 5.56 Å². The molecule has 0 spiro atoms. The summed E-state index contributed by atoms with van der Waals surface area (Å²) in [6.07, 6.45) is 0.0337. The number of hydrogen-bond donors (Lipinski definition) is 1. The number of thiophene rings is 1. The fourth-order valence-electron chi connectivity index (χ4n) is 2.37. The molecule has 20 heavy (non-hydrogen) atoms. The van der Waals surface area contributed by atoms with Crippen LogP contribution >= 0.6 is 22.9 Å². The molecule has 0 aliphatic heterocycles. The van der Waals surface area contributed by atoms with Crippen LogP contribution in [0, 0.1) is 0 Å². The lowest BCUT2D eigenvalue weighted by Crippen LogP contribution is -2.00. The van der Waals surface area contributed by atoms with E-state index < -0.39 is 5.97 Å². The molecule has 0 unspecified atom stereocenters. The number of carboxylic acids is 1. The summed E-state index contributed by atoms with van der Waals surface area (Å²) >= 11 is 7.53. The van der Waals surface area contributed by atoms with Crippen LogP contribution in [0.25, 0.3) is 21.2 Å². The van der Waals surface area contributed by atoms with Crippen LogP contribution in [0.2, 0.25) is 4.34 Å². The van der Waals surface area contributed by atoms with Gasteiger partial charge in [-0.15, -0.1) is 11.3 Å². The monoisotopic (exact) mass is 302 g/mol. The highest BCUT2D eigenvalue weighted by atomic mass is 35.5. The highest BCUT2D eigenvalue weighted by Gasteiger charge is 2.10. The van der Waals surface area contributed by atoms with Gasteiger partial charge in [0.25, 0.3) is 0 Å². The average Bonchev–Trinajstić information content (AvgIpc) is 2.84. The maximum absolute atomic E-state index is 11.0. The summed E-state index contributed by atoms with van der Waals surface area (Å²) in [7, 11) is 0. The lowest BCUT2D eigenvalue weighted by Gasteiger charge is -2.08. The Morgan fingerprint density at radius 1 is 1.05 bits per heavy atom. The molecule has 3 rings (SSSR count). The van der Waals surface area contributed by atoms with Gasteiger partial charge in [0.1, 0.15) is 0 Å². The Labute approximate surface area is 125 Å². The number of carboxylic acid groups (broad SMARTS) is 1. The summed E-state index contributed by atoms with van der Waals surface area (Å²) in [5, 5.41) is 11.0. The molecule has 1 aromatic heterocycles. The van der Waals surface area contributed by atoms with E-state index in [2.05, 4.69) is 0 Å². The van der Waals surface area contributed by atoms with Gasteiger partial charge in [-0.1, -0.05) is 48.0 Å². The van der Waals surface area contributed by atoms with E-state index >= 15 is 0 Å². The van der Waals surface area contributed by atoms with Gasteiger partial charge in [-0.3, -0.25) is 4.79 Å². The van der Waals surface area contributed by atoms with E-state index in [1.54, 1.807) is 0 Å². The Morgan fingerprint density at radius 3 is 2.50 bits per heavy atom. The summed E-state index contributed by atoms with van der Waals surface area (Å²) in [5.41, 5.74) is 1.92. The normalized spacial score (nSPS) is 10.8. The molecular weight excluding hydrogens is 292 g/mol. The van der Waals surface area contributed by atoms with E-state index in [9.17, 15) is 4.79 Å². The minimum Gasteiger partial charge on any atom is -0.481 e. The first-order chi connectivity index (χ1) is 9.65. The van der Waals surface area contributed by atoms with Gasteiger partial charge in [0.15, 0.2) is 0 Å². The van der Waals surface area contributed by atoms with Gasteiger partial charge in [0, 0.05) is 4.88 Å². The Hall–Kier alpha value is -1.84. The molecule has 0 atom stereocenters. The molecule has 0 amide bonds. The molecule has 100 valence electrons. The zero-order chi connectivity index (χ0) is 14.1. The maximum Gasteiger partial charge on any atom is 0.307 e. The fourth-order valence-corrected chi connectivity index (χ4v) is 3.45. The largest absolute Gasteiger partial charge is 0.481 e. The van der Waals surface area contributed by atoms with Crippen LogP contribution < -0.4 is 0 Å². The lowest BCUT2D eigenvalue weighted by atomic mass is 9.98.